The standard InChI is InChI=1S/C15H20F2N2O/c1-9-4-5-11(14(17)13(9)16)10-6-7-18-12(8-10)15(20)19(2)3/h4-5,10,12,18H,6-8H2,1-3H3. The zero-order valence-electron chi connectivity index (χ0n) is 12.0. The maximum absolute atomic E-state index is 14.0. The lowest BCUT2D eigenvalue weighted by molar-refractivity contribution is -0.131. The summed E-state index contributed by atoms with van der Waals surface area (Å²) in [6.07, 6.45) is 1.20. The number of hydrogen-bond acceptors (Lipinski definition) is 2. The lowest BCUT2D eigenvalue weighted by atomic mass is 9.85. The molecule has 3 nitrogen and oxygen atoms in total. The molecule has 0 radical (unpaired) electrons. The van der Waals surface area contributed by atoms with Crippen molar-refractivity contribution in [2.75, 3.05) is 20.6 Å². The van der Waals surface area contributed by atoms with E-state index in [9.17, 15) is 13.6 Å². The van der Waals surface area contributed by atoms with Crippen molar-refractivity contribution in [3.05, 3.63) is 34.9 Å². The van der Waals surface area contributed by atoms with Crippen LogP contribution in [0.1, 0.15) is 29.9 Å². The van der Waals surface area contributed by atoms with E-state index in [-0.39, 0.29) is 17.9 Å². The lowest BCUT2D eigenvalue weighted by Crippen LogP contribution is -2.47. The largest absolute Gasteiger partial charge is 0.347 e. The highest BCUT2D eigenvalue weighted by Crippen LogP contribution is 2.31. The van der Waals surface area contributed by atoms with Gasteiger partial charge in [0.1, 0.15) is 0 Å². The number of carbonyl (C=O) groups is 1. The lowest BCUT2D eigenvalue weighted by Gasteiger charge is -2.31. The second-order valence-corrected chi connectivity index (χ2v) is 5.56. The fourth-order valence-electron chi connectivity index (χ4n) is 2.68. The van der Waals surface area contributed by atoms with E-state index in [4.69, 9.17) is 0 Å². The van der Waals surface area contributed by atoms with Crippen LogP contribution in [0.2, 0.25) is 0 Å². The number of nitrogens with zero attached hydrogens (tertiary/aromatic N) is 1. The van der Waals surface area contributed by atoms with Gasteiger partial charge in [-0.2, -0.15) is 0 Å². The normalized spacial score (nSPS) is 22.6. The van der Waals surface area contributed by atoms with E-state index >= 15 is 0 Å². The average molecular weight is 282 g/mol. The van der Waals surface area contributed by atoms with Gasteiger partial charge in [0.25, 0.3) is 0 Å². The molecule has 20 heavy (non-hydrogen) atoms. The Hall–Kier alpha value is -1.49. The second kappa shape index (κ2) is 5.87. The van der Waals surface area contributed by atoms with Crippen LogP contribution in [-0.4, -0.2) is 37.5 Å². The molecule has 1 aliphatic heterocycles. The van der Waals surface area contributed by atoms with E-state index in [1.807, 2.05) is 0 Å². The third kappa shape index (κ3) is 2.82. The van der Waals surface area contributed by atoms with E-state index in [0.29, 0.717) is 30.5 Å². The quantitative estimate of drug-likeness (QED) is 0.902. The van der Waals surface area contributed by atoms with Gasteiger partial charge in [0, 0.05) is 14.1 Å². The predicted octanol–water partition coefficient (Wildman–Crippen LogP) is 2.20. The molecule has 5 heteroatoms. The molecule has 1 heterocycles. The van der Waals surface area contributed by atoms with Gasteiger partial charge >= 0.3 is 0 Å². The van der Waals surface area contributed by atoms with Crippen molar-refractivity contribution in [3.8, 4) is 0 Å². The van der Waals surface area contributed by atoms with Gasteiger partial charge in [-0.1, -0.05) is 12.1 Å². The van der Waals surface area contributed by atoms with Crippen molar-refractivity contribution >= 4 is 5.91 Å². The number of likely N-dealkylation sites (N-methyl/N-ethyl adjacent to an activating group) is 1. The fraction of sp³-hybridized carbons (Fsp3) is 0.533. The number of nitrogens with one attached hydrogen (secondary N) is 1. The van der Waals surface area contributed by atoms with E-state index < -0.39 is 11.6 Å². The van der Waals surface area contributed by atoms with E-state index in [1.54, 1.807) is 33.2 Å². The number of benzene rings is 1. The molecule has 2 rings (SSSR count). The van der Waals surface area contributed by atoms with E-state index in [0.717, 1.165) is 0 Å². The zero-order valence-corrected chi connectivity index (χ0v) is 12.0. The first kappa shape index (κ1) is 14.9. The van der Waals surface area contributed by atoms with Gasteiger partial charge < -0.3 is 10.2 Å². The molecule has 1 fully saturated rings. The minimum Gasteiger partial charge on any atom is -0.347 e. The van der Waals surface area contributed by atoms with Crippen LogP contribution in [0.5, 0.6) is 0 Å². The molecule has 2 atom stereocenters. The molecular weight excluding hydrogens is 262 g/mol. The first-order chi connectivity index (χ1) is 9.41. The maximum atomic E-state index is 14.0. The highest BCUT2D eigenvalue weighted by Gasteiger charge is 2.30. The van der Waals surface area contributed by atoms with Crippen molar-refractivity contribution in [3.63, 3.8) is 0 Å². The summed E-state index contributed by atoms with van der Waals surface area (Å²) in [5.74, 6) is -1.70. The van der Waals surface area contributed by atoms with Gasteiger partial charge in [0.05, 0.1) is 6.04 Å². The Morgan fingerprint density at radius 2 is 2.00 bits per heavy atom. The Bertz CT molecular complexity index is 517. The maximum Gasteiger partial charge on any atom is 0.239 e. The number of halogens is 2. The summed E-state index contributed by atoms with van der Waals surface area (Å²) in [5.41, 5.74) is 0.687. The van der Waals surface area contributed by atoms with Crippen molar-refractivity contribution in [2.45, 2.75) is 31.7 Å². The Morgan fingerprint density at radius 1 is 1.30 bits per heavy atom. The number of rotatable bonds is 2. The molecule has 1 saturated heterocycles. The Morgan fingerprint density at radius 3 is 2.65 bits per heavy atom. The number of carbonyl (C=O) groups excluding carboxylic acids is 1. The number of aryl methyl sites for hydroxylation is 1. The molecule has 1 aliphatic rings. The van der Waals surface area contributed by atoms with Crippen LogP contribution < -0.4 is 5.32 Å². The highest BCUT2D eigenvalue weighted by atomic mass is 19.2. The van der Waals surface area contributed by atoms with Gasteiger partial charge in [0.15, 0.2) is 11.6 Å². The number of hydrogen-bond donors (Lipinski definition) is 1. The molecular formula is C15H20F2N2O. The molecule has 0 bridgehead atoms. The molecule has 0 spiro atoms. The van der Waals surface area contributed by atoms with Gasteiger partial charge in [-0.05, 0) is 43.4 Å². The summed E-state index contributed by atoms with van der Waals surface area (Å²) >= 11 is 0. The van der Waals surface area contributed by atoms with Crippen LogP contribution in [0, 0.1) is 18.6 Å². The monoisotopic (exact) mass is 282 g/mol. The average Bonchev–Trinajstić information content (AvgIpc) is 2.44. The molecule has 1 amide bonds. The van der Waals surface area contributed by atoms with Crippen molar-refractivity contribution in [2.24, 2.45) is 0 Å². The second-order valence-electron chi connectivity index (χ2n) is 5.56. The van der Waals surface area contributed by atoms with Crippen LogP contribution in [-0.2, 0) is 4.79 Å². The van der Waals surface area contributed by atoms with E-state index in [2.05, 4.69) is 5.32 Å². The third-order valence-corrected chi connectivity index (χ3v) is 3.89. The molecule has 1 N–H and O–H groups in total. The molecule has 0 saturated carbocycles. The minimum absolute atomic E-state index is 0.0253. The van der Waals surface area contributed by atoms with Crippen LogP contribution >= 0.6 is 0 Å². The smallest absolute Gasteiger partial charge is 0.239 e. The van der Waals surface area contributed by atoms with Crippen LogP contribution in [0.15, 0.2) is 12.1 Å². The van der Waals surface area contributed by atoms with Gasteiger partial charge in [0.2, 0.25) is 5.91 Å². The first-order valence-electron chi connectivity index (χ1n) is 6.81. The summed E-state index contributed by atoms with van der Waals surface area (Å²) in [6, 6.07) is 2.91. The van der Waals surface area contributed by atoms with Gasteiger partial charge in [-0.25, -0.2) is 8.78 Å². The van der Waals surface area contributed by atoms with Gasteiger partial charge in [-0.3, -0.25) is 4.79 Å². The van der Waals surface area contributed by atoms with Crippen LogP contribution in [0.4, 0.5) is 8.78 Å². The summed E-state index contributed by atoms with van der Waals surface area (Å²) in [6.45, 7) is 2.17. The molecule has 110 valence electrons. The van der Waals surface area contributed by atoms with Crippen molar-refractivity contribution in [1.82, 2.24) is 10.2 Å². The molecule has 0 aliphatic carbocycles. The Labute approximate surface area is 118 Å². The summed E-state index contributed by atoms with van der Waals surface area (Å²) in [7, 11) is 3.39. The SMILES string of the molecule is Cc1ccc(C2CCNC(C(=O)N(C)C)C2)c(F)c1F. The van der Waals surface area contributed by atoms with E-state index in [1.165, 1.54) is 4.90 Å². The topological polar surface area (TPSA) is 32.3 Å². The zero-order chi connectivity index (χ0) is 14.9. The van der Waals surface area contributed by atoms with Crippen molar-refractivity contribution in [1.29, 1.82) is 0 Å². The fourth-order valence-corrected chi connectivity index (χ4v) is 2.68. The number of amides is 1. The minimum atomic E-state index is -0.781. The van der Waals surface area contributed by atoms with Crippen LogP contribution in [0.3, 0.4) is 0 Å². The summed E-state index contributed by atoms with van der Waals surface area (Å²) in [5, 5.41) is 3.14. The summed E-state index contributed by atoms with van der Waals surface area (Å²) in [4.78, 5) is 13.5. The molecule has 1 aromatic carbocycles. The molecule has 0 aromatic heterocycles. The molecule has 1 aromatic rings. The number of piperidine rings is 1. The third-order valence-electron chi connectivity index (χ3n) is 3.89. The van der Waals surface area contributed by atoms with Gasteiger partial charge in [-0.15, -0.1) is 0 Å². The summed E-state index contributed by atoms with van der Waals surface area (Å²) < 4.78 is 27.7. The Balaban J connectivity index is 2.21. The predicted molar refractivity (Wildman–Crippen MR) is 73.6 cm³/mol. The van der Waals surface area contributed by atoms with Crippen LogP contribution in [0.25, 0.3) is 0 Å². The first-order valence-corrected chi connectivity index (χ1v) is 6.81. The highest BCUT2D eigenvalue weighted by molar-refractivity contribution is 5.81. The molecule has 2 unspecified atom stereocenters. The Kier molecular flexibility index (Phi) is 4.38. The van der Waals surface area contributed by atoms with Crippen molar-refractivity contribution < 1.29 is 13.6 Å².